The maximum atomic E-state index is 13.6. The number of fused-ring (bicyclic) bond motifs is 1. The molecule has 37 heavy (non-hydrogen) atoms. The van der Waals surface area contributed by atoms with Crippen molar-refractivity contribution >= 4 is 55.1 Å². The van der Waals surface area contributed by atoms with Gasteiger partial charge in [-0.3, -0.25) is 14.9 Å². The number of methoxy groups -OCH3 is 1. The summed E-state index contributed by atoms with van der Waals surface area (Å²) in [6.45, 7) is 0. The molecule has 3 aromatic carbocycles. The molecule has 0 saturated carbocycles. The number of aromatic nitrogens is 1. The second-order valence-electron chi connectivity index (χ2n) is 7.98. The minimum absolute atomic E-state index is 0.000383. The quantitative estimate of drug-likeness (QED) is 0.129. The summed E-state index contributed by atoms with van der Waals surface area (Å²) >= 11 is 2.28. The lowest BCUT2D eigenvalue weighted by Crippen LogP contribution is -2.25. The maximum Gasteiger partial charge on any atom is 0.324 e. The molecule has 10 heteroatoms. The molecule has 1 amide bonds. The minimum Gasteiger partial charge on any atom is -0.497 e. The molecule has 5 rings (SSSR count). The third kappa shape index (κ3) is 5.55. The Bertz CT molecular complexity index is 1590. The lowest BCUT2D eigenvalue weighted by molar-refractivity contribution is -0.380. The van der Waals surface area contributed by atoms with Gasteiger partial charge < -0.3 is 4.74 Å². The number of hydrogen-bond donors (Lipinski definition) is 0. The number of carbonyl (C=O) groups excluding carboxylic acids is 1. The predicted octanol–water partition coefficient (Wildman–Crippen LogP) is 6.55. The van der Waals surface area contributed by atoms with E-state index in [2.05, 4.69) is 22.2 Å². The first-order valence-electron chi connectivity index (χ1n) is 11.2. The highest BCUT2D eigenvalue weighted by molar-refractivity contribution is 7.22. The third-order valence-corrected chi connectivity index (χ3v) is 7.47. The summed E-state index contributed by atoms with van der Waals surface area (Å²) in [4.78, 5) is 29.3. The van der Waals surface area contributed by atoms with Gasteiger partial charge in [0.05, 0.1) is 33.3 Å². The summed E-state index contributed by atoms with van der Waals surface area (Å²) < 4.78 is 6.14. The van der Waals surface area contributed by atoms with Gasteiger partial charge in [0.1, 0.15) is 5.75 Å². The normalized spacial score (nSPS) is 11.2. The highest BCUT2D eigenvalue weighted by Gasteiger charge is 2.22. The van der Waals surface area contributed by atoms with Crippen LogP contribution in [0, 0.1) is 10.1 Å². The fraction of sp³-hybridized carbons (Fsp3) is 0.0741. The molecule has 8 nitrogen and oxygen atoms in total. The number of thiophene rings is 1. The molecule has 0 aliphatic carbocycles. The first-order valence-corrected chi connectivity index (χ1v) is 12.8. The molecule has 0 spiro atoms. The monoisotopic (exact) mass is 528 g/mol. The van der Waals surface area contributed by atoms with Gasteiger partial charge >= 0.3 is 5.00 Å². The average Bonchev–Trinajstić information content (AvgIpc) is 3.57. The Labute approximate surface area is 220 Å². The van der Waals surface area contributed by atoms with Crippen LogP contribution in [0.2, 0.25) is 0 Å². The fourth-order valence-corrected chi connectivity index (χ4v) is 5.28. The van der Waals surface area contributed by atoms with Crippen molar-refractivity contribution in [3.8, 4) is 5.75 Å². The minimum atomic E-state index is -0.455. The molecule has 2 heterocycles. The zero-order chi connectivity index (χ0) is 25.8. The van der Waals surface area contributed by atoms with Gasteiger partial charge in [-0.25, -0.2) is 4.98 Å². The molecule has 0 radical (unpaired) electrons. The van der Waals surface area contributed by atoms with E-state index in [1.165, 1.54) is 34.2 Å². The van der Waals surface area contributed by atoms with Crippen LogP contribution in [0.15, 0.2) is 90.0 Å². The van der Waals surface area contributed by atoms with E-state index in [0.29, 0.717) is 26.8 Å². The van der Waals surface area contributed by atoms with Crippen molar-refractivity contribution in [3.63, 3.8) is 0 Å². The van der Waals surface area contributed by atoms with Crippen LogP contribution in [-0.4, -0.2) is 29.1 Å². The van der Waals surface area contributed by atoms with Crippen molar-refractivity contribution in [1.82, 2.24) is 4.98 Å². The zero-order valence-electron chi connectivity index (χ0n) is 19.6. The molecule has 5 aromatic rings. The molecule has 0 atom stereocenters. The predicted molar refractivity (Wildman–Crippen MR) is 147 cm³/mol. The van der Waals surface area contributed by atoms with Gasteiger partial charge in [-0.15, -0.1) is 0 Å². The Balaban J connectivity index is 1.46. The lowest BCUT2D eigenvalue weighted by Gasteiger charge is -2.14. The molecule has 0 unspecified atom stereocenters. The molecule has 0 fully saturated rings. The number of carbonyl (C=O) groups is 1. The summed E-state index contributed by atoms with van der Waals surface area (Å²) in [6, 6.07) is 26.0. The van der Waals surface area contributed by atoms with Gasteiger partial charge in [0, 0.05) is 11.6 Å². The number of anilines is 1. The topological polar surface area (TPSA) is 97.9 Å². The summed E-state index contributed by atoms with van der Waals surface area (Å²) in [5.74, 6) is 0.323. The van der Waals surface area contributed by atoms with Gasteiger partial charge in [-0.1, -0.05) is 65.1 Å². The molecule has 0 aliphatic rings. The van der Waals surface area contributed by atoms with Crippen LogP contribution in [-0.2, 0) is 6.42 Å². The lowest BCUT2D eigenvalue weighted by atomic mass is 10.0. The molecule has 0 saturated heterocycles. The van der Waals surface area contributed by atoms with E-state index < -0.39 is 4.92 Å². The van der Waals surface area contributed by atoms with Crippen LogP contribution in [0.5, 0.6) is 5.75 Å². The average molecular weight is 529 g/mol. The summed E-state index contributed by atoms with van der Waals surface area (Å²) in [5.41, 5.74) is 3.42. The molecule has 0 bridgehead atoms. The Kier molecular flexibility index (Phi) is 7.02. The Morgan fingerprint density at radius 1 is 1.03 bits per heavy atom. The highest BCUT2D eigenvalue weighted by atomic mass is 32.1. The number of nitro groups is 1. The number of hydrogen-bond acceptors (Lipinski definition) is 8. The molecule has 0 aliphatic heterocycles. The summed E-state index contributed by atoms with van der Waals surface area (Å²) in [5, 5.41) is 17.1. The zero-order valence-corrected chi connectivity index (χ0v) is 21.2. The van der Waals surface area contributed by atoms with Crippen LogP contribution in [0.4, 0.5) is 10.1 Å². The van der Waals surface area contributed by atoms with Crippen molar-refractivity contribution in [3.05, 3.63) is 117 Å². The SMILES string of the molecule is COc1ccc2nc(N(/N=C/c3ccc([N+](=O)[O-])s3)C(=O)c3ccc(Cc4ccccc4)cc3)sc2c1. The van der Waals surface area contributed by atoms with E-state index in [9.17, 15) is 14.9 Å². The van der Waals surface area contributed by atoms with Gasteiger partial charge in [-0.05, 0) is 53.9 Å². The van der Waals surface area contributed by atoms with E-state index in [-0.39, 0.29) is 10.9 Å². The van der Waals surface area contributed by atoms with Gasteiger partial charge in [0.25, 0.3) is 5.91 Å². The number of benzene rings is 3. The number of amides is 1. The second-order valence-corrected chi connectivity index (χ2v) is 10.1. The first kappa shape index (κ1) is 24.3. The van der Waals surface area contributed by atoms with Crippen molar-refractivity contribution in [2.45, 2.75) is 6.42 Å². The van der Waals surface area contributed by atoms with Crippen LogP contribution in [0.3, 0.4) is 0 Å². The number of hydrazone groups is 1. The third-order valence-electron chi connectivity index (χ3n) is 5.50. The van der Waals surface area contributed by atoms with E-state index >= 15 is 0 Å². The standard InChI is InChI=1S/C27H20N4O4S2/c1-35-21-11-13-23-24(16-21)37-27(29-23)30(28-17-22-12-14-25(36-22)31(33)34)26(32)20-9-7-19(8-10-20)15-18-5-3-2-4-6-18/h2-14,16-17H,15H2,1H3/b28-17+. The van der Waals surface area contributed by atoms with Crippen molar-refractivity contribution in [1.29, 1.82) is 0 Å². The number of thiazole rings is 1. The van der Waals surface area contributed by atoms with Crippen LogP contribution in [0.25, 0.3) is 10.2 Å². The van der Waals surface area contributed by atoms with Crippen molar-refractivity contribution in [2.75, 3.05) is 12.1 Å². The molecule has 0 N–H and O–H groups in total. The van der Waals surface area contributed by atoms with E-state index in [1.807, 2.05) is 42.5 Å². The largest absolute Gasteiger partial charge is 0.497 e. The maximum absolute atomic E-state index is 13.6. The van der Waals surface area contributed by atoms with Crippen LogP contribution in [0.1, 0.15) is 26.4 Å². The van der Waals surface area contributed by atoms with Gasteiger partial charge in [0.2, 0.25) is 5.13 Å². The fourth-order valence-electron chi connectivity index (χ4n) is 3.64. The van der Waals surface area contributed by atoms with Crippen molar-refractivity contribution < 1.29 is 14.5 Å². The molecular formula is C27H20N4O4S2. The van der Waals surface area contributed by atoms with E-state index in [0.717, 1.165) is 28.0 Å². The number of rotatable bonds is 8. The van der Waals surface area contributed by atoms with Crippen molar-refractivity contribution in [2.24, 2.45) is 5.10 Å². The van der Waals surface area contributed by atoms with Crippen LogP contribution < -0.4 is 9.75 Å². The summed E-state index contributed by atoms with van der Waals surface area (Å²) in [6.07, 6.45) is 2.19. The first-order chi connectivity index (χ1) is 18.0. The summed E-state index contributed by atoms with van der Waals surface area (Å²) in [7, 11) is 1.59. The Morgan fingerprint density at radius 3 is 2.49 bits per heavy atom. The van der Waals surface area contributed by atoms with Crippen LogP contribution >= 0.6 is 22.7 Å². The highest BCUT2D eigenvalue weighted by Crippen LogP contribution is 2.33. The molecular weight excluding hydrogens is 508 g/mol. The number of nitrogens with zero attached hydrogens (tertiary/aromatic N) is 4. The smallest absolute Gasteiger partial charge is 0.324 e. The van der Waals surface area contributed by atoms with Gasteiger partial charge in [-0.2, -0.15) is 10.1 Å². The van der Waals surface area contributed by atoms with Gasteiger partial charge in [0.15, 0.2) is 0 Å². The van der Waals surface area contributed by atoms with E-state index in [1.54, 1.807) is 31.4 Å². The Morgan fingerprint density at radius 2 is 1.78 bits per heavy atom. The second kappa shape index (κ2) is 10.7. The molecule has 2 aromatic heterocycles. The molecule has 184 valence electrons. The number of ether oxygens (including phenoxy) is 1. The van der Waals surface area contributed by atoms with E-state index in [4.69, 9.17) is 4.74 Å². The Hall–Kier alpha value is -4.41.